The number of carboxylic acid groups (broad SMARTS) is 1. The van der Waals surface area contributed by atoms with Crippen LogP contribution in [0.4, 0.5) is 13.2 Å². The zero-order chi connectivity index (χ0) is 55.1. The highest BCUT2D eigenvalue weighted by Crippen LogP contribution is 2.39. The van der Waals surface area contributed by atoms with Crippen LogP contribution < -0.4 is 31.6 Å². The van der Waals surface area contributed by atoms with E-state index in [0.29, 0.717) is 36.2 Å². The van der Waals surface area contributed by atoms with Crippen LogP contribution in [0.15, 0.2) is 182 Å². The van der Waals surface area contributed by atoms with Gasteiger partial charge in [0.2, 0.25) is 0 Å². The summed E-state index contributed by atoms with van der Waals surface area (Å²) in [5, 5.41) is 32.3. The maximum atomic E-state index is 13.6. The zero-order valence-corrected chi connectivity index (χ0v) is 45.8. The Morgan fingerprint density at radius 3 is 1.16 bits per heavy atom. The van der Waals surface area contributed by atoms with Crippen LogP contribution in [0.5, 0.6) is 11.5 Å². The van der Waals surface area contributed by atoms with E-state index in [1.807, 2.05) is 170 Å². The van der Waals surface area contributed by atoms with Gasteiger partial charge in [0.1, 0.15) is 43.7 Å². The van der Waals surface area contributed by atoms with Gasteiger partial charge in [0.15, 0.2) is 23.4 Å². The Bertz CT molecular complexity index is 2810. The molecule has 6 heterocycles. The van der Waals surface area contributed by atoms with Gasteiger partial charge in [0.25, 0.3) is 0 Å². The van der Waals surface area contributed by atoms with E-state index >= 15 is 0 Å². The van der Waals surface area contributed by atoms with E-state index < -0.39 is 35.3 Å². The van der Waals surface area contributed by atoms with Crippen molar-refractivity contribution >= 4 is 17.9 Å². The lowest BCUT2D eigenvalue weighted by atomic mass is 9.82. The fraction of sp³-hybridized carbons (Fsp3) is 0.381. The number of esters is 2. The van der Waals surface area contributed by atoms with Gasteiger partial charge in [-0.05, 0) is 46.5 Å². The van der Waals surface area contributed by atoms with Gasteiger partial charge in [-0.2, -0.15) is 13.2 Å². The number of benzene rings is 6. The lowest BCUT2D eigenvalue weighted by molar-refractivity contribution is -0.946. The van der Waals surface area contributed by atoms with Crippen LogP contribution >= 0.6 is 0 Å². The van der Waals surface area contributed by atoms with Gasteiger partial charge >= 0.3 is 18.1 Å². The van der Waals surface area contributed by atoms with Crippen LogP contribution in [0.2, 0.25) is 0 Å². The van der Waals surface area contributed by atoms with E-state index in [9.17, 15) is 33.0 Å². The summed E-state index contributed by atoms with van der Waals surface area (Å²) in [6.45, 7) is 9.24. The van der Waals surface area contributed by atoms with Crippen molar-refractivity contribution in [1.82, 2.24) is 0 Å². The number of halogens is 4. The van der Waals surface area contributed by atoms with E-state index in [1.165, 1.54) is 0 Å². The average Bonchev–Trinajstić information content (AvgIpc) is 3.60. The molecule has 4 atom stereocenters. The highest BCUT2D eigenvalue weighted by molar-refractivity contribution is 5.82. The largest absolute Gasteiger partial charge is 1.00 e. The number of quaternary nitrogens is 2. The lowest BCUT2D eigenvalue weighted by Crippen LogP contribution is -3.00. The summed E-state index contributed by atoms with van der Waals surface area (Å²) in [7, 11) is 0. The molecule has 0 aromatic heterocycles. The first-order valence-electron chi connectivity index (χ1n) is 27.0. The Morgan fingerprint density at radius 2 is 0.810 bits per heavy atom. The molecular formula is C63H70BrF3N2O10. The minimum absolute atomic E-state index is 0. The molecule has 6 aromatic rings. The Hall–Kier alpha value is -6.56. The number of piperidine rings is 6. The van der Waals surface area contributed by atoms with E-state index in [1.54, 1.807) is 12.1 Å². The van der Waals surface area contributed by atoms with Crippen molar-refractivity contribution in [2.75, 3.05) is 65.6 Å². The first-order valence-corrected chi connectivity index (χ1v) is 27.0. The molecule has 0 aliphatic carbocycles. The van der Waals surface area contributed by atoms with Crippen LogP contribution in [0, 0.1) is 11.8 Å². The summed E-state index contributed by atoms with van der Waals surface area (Å²) >= 11 is 0. The van der Waals surface area contributed by atoms with Crippen molar-refractivity contribution in [2.45, 2.75) is 74.5 Å². The number of carboxylic acids is 1. The Balaban J connectivity index is 0.000000202. The van der Waals surface area contributed by atoms with Crippen LogP contribution in [0.1, 0.15) is 54.4 Å². The Morgan fingerprint density at radius 1 is 0.494 bits per heavy atom. The van der Waals surface area contributed by atoms with Crippen molar-refractivity contribution in [3.05, 3.63) is 204 Å². The number of ether oxygens (including phenoxy) is 4. The van der Waals surface area contributed by atoms with Gasteiger partial charge in [0, 0.05) is 56.8 Å². The summed E-state index contributed by atoms with van der Waals surface area (Å²) < 4.78 is 57.7. The van der Waals surface area contributed by atoms with Crippen molar-refractivity contribution < 1.29 is 87.8 Å². The number of nitrogens with zero attached hydrogens (tertiary/aromatic N) is 2. The normalized spacial score (nSPS) is 23.3. The molecule has 6 saturated heterocycles. The van der Waals surface area contributed by atoms with Crippen LogP contribution in [-0.2, 0) is 47.9 Å². The fourth-order valence-corrected chi connectivity index (χ4v) is 11.6. The molecule has 6 aliphatic heterocycles. The first-order chi connectivity index (χ1) is 37.6. The zero-order valence-electron chi connectivity index (χ0n) is 44.2. The van der Waals surface area contributed by atoms with Gasteiger partial charge in [-0.1, -0.05) is 158 Å². The molecule has 12 nitrogen and oxygen atoms in total. The monoisotopic (exact) mass is 1150 g/mol. The number of carbonyl (C=O) groups is 3. The number of hydrogen-bond donors (Lipinski definition) is 2. The highest BCUT2D eigenvalue weighted by atomic mass is 79.9. The SMILES string of the molecule is O=C(O[C@H]1C[N+]2(CCCOc3ccccc3)CCC1CC2)C(O)(Cc1ccccc1)c1ccccc1.O=C(O[C@H]1C[N+]2(CCOc3ccccc3)CCC1CC2)C(O)(Cc1ccccc1)c1ccccc1.O=C([O-])C(F)(F)F.[Br-]. The quantitative estimate of drug-likeness (QED) is 0.0615. The molecule has 0 spiro atoms. The second kappa shape index (κ2) is 27.5. The number of fused-ring (bicyclic) bond motifs is 6. The highest BCUT2D eigenvalue weighted by Gasteiger charge is 2.52. The van der Waals surface area contributed by atoms with Gasteiger partial charge in [0.05, 0.1) is 39.3 Å². The smallest absolute Gasteiger partial charge is 0.430 e. The van der Waals surface area contributed by atoms with Crippen molar-refractivity contribution in [3.8, 4) is 11.5 Å². The summed E-state index contributed by atoms with van der Waals surface area (Å²) in [5.74, 6) is -1.59. The maximum Gasteiger partial charge on any atom is 0.430 e. The molecule has 6 aliphatic rings. The van der Waals surface area contributed by atoms with Gasteiger partial charge < -0.3 is 65.0 Å². The third kappa shape index (κ3) is 16.1. The molecule has 79 heavy (non-hydrogen) atoms. The minimum Gasteiger partial charge on any atom is -1.00 e. The molecule has 2 N–H and O–H groups in total. The number of rotatable bonds is 19. The van der Waals surface area contributed by atoms with E-state index in [-0.39, 0.29) is 42.0 Å². The Labute approximate surface area is 471 Å². The average molecular weight is 1150 g/mol. The molecule has 6 aromatic carbocycles. The van der Waals surface area contributed by atoms with Crippen LogP contribution in [0.3, 0.4) is 0 Å². The van der Waals surface area contributed by atoms with Gasteiger partial charge in [-0.25, -0.2) is 9.59 Å². The molecule has 0 radical (unpaired) electrons. The third-order valence-corrected chi connectivity index (χ3v) is 16.0. The summed E-state index contributed by atoms with van der Waals surface area (Å²) in [5.41, 5.74) is -0.515. The second-order valence-electron chi connectivity index (χ2n) is 21.2. The predicted molar refractivity (Wildman–Crippen MR) is 285 cm³/mol. The summed E-state index contributed by atoms with van der Waals surface area (Å²) in [6, 6.07) is 57.5. The molecule has 12 rings (SSSR count). The minimum atomic E-state index is -5.19. The topological polar surface area (TPSA) is 152 Å². The molecule has 16 heteroatoms. The number of alkyl halides is 3. The maximum absolute atomic E-state index is 13.6. The number of aliphatic hydroxyl groups is 2. The van der Waals surface area contributed by atoms with Crippen molar-refractivity contribution in [1.29, 1.82) is 0 Å². The van der Waals surface area contributed by atoms with E-state index in [4.69, 9.17) is 28.8 Å². The van der Waals surface area contributed by atoms with Crippen LogP contribution in [0.25, 0.3) is 0 Å². The molecule has 0 amide bonds. The molecule has 2 unspecified atom stereocenters. The summed E-state index contributed by atoms with van der Waals surface area (Å²) in [6.07, 6.45) is -0.0440. The predicted octanol–water partition coefficient (Wildman–Crippen LogP) is 5.39. The van der Waals surface area contributed by atoms with Gasteiger partial charge in [-0.15, -0.1) is 0 Å². The molecule has 6 fully saturated rings. The summed E-state index contributed by atoms with van der Waals surface area (Å²) in [4.78, 5) is 36.0. The third-order valence-electron chi connectivity index (χ3n) is 16.0. The van der Waals surface area contributed by atoms with Crippen molar-refractivity contribution in [2.24, 2.45) is 11.8 Å². The first kappa shape index (κ1) is 60.1. The molecule has 4 bridgehead atoms. The Kier molecular flexibility index (Phi) is 21.0. The number of hydrogen-bond acceptors (Lipinski definition) is 10. The standard InChI is InChI=1S/C31H36NO4.C30H34NO4.C2HF3O2.BrH/c33-30(31(34,27-13-6-2-7-14-27)23-25-11-4-1-5-12-25)36-29-24-32(20-17-26(29)18-21-32)19-10-22-35-28-15-8-3-9-16-28;32-29(30(33,26-12-6-2-7-13-26)22-24-10-4-1-5-11-24)35-28-23-31(18-16-25(28)17-19-31)20-21-34-27-14-8-3-9-15-27;3-2(4,5)1(6)7;/h1-9,11-16,26,29,34H,10,17-24H2;1-15,25,28,33H,16-23H2;(H,6,7);1H/q2*+1;;/p-2/t26?,29-,31?,32?;25?,28-,30?,31?;;/m00../s1. The van der Waals surface area contributed by atoms with Crippen LogP contribution in [-0.4, -0.2) is 121 Å². The molecular weight excluding hydrogens is 1080 g/mol. The number of para-hydroxylation sites is 2. The lowest BCUT2D eigenvalue weighted by Gasteiger charge is -2.52. The molecule has 420 valence electrons. The van der Waals surface area contributed by atoms with Gasteiger partial charge in [-0.3, -0.25) is 0 Å². The van der Waals surface area contributed by atoms with Crippen molar-refractivity contribution in [3.63, 3.8) is 0 Å². The van der Waals surface area contributed by atoms with E-state index in [2.05, 4.69) is 0 Å². The number of carbonyl (C=O) groups excluding carboxylic acids is 3. The number of aliphatic carboxylic acids is 1. The second-order valence-corrected chi connectivity index (χ2v) is 21.2. The van der Waals surface area contributed by atoms with E-state index in [0.717, 1.165) is 116 Å². The fourth-order valence-electron chi connectivity index (χ4n) is 11.6. The molecule has 0 saturated carbocycles.